The van der Waals surface area contributed by atoms with Gasteiger partial charge in [0.2, 0.25) is 0 Å². The highest BCUT2D eigenvalue weighted by molar-refractivity contribution is 6.10. The highest BCUT2D eigenvalue weighted by atomic mass is 16.7. The number of ether oxygens (including phenoxy) is 1. The van der Waals surface area contributed by atoms with Crippen molar-refractivity contribution in [2.24, 2.45) is 5.10 Å². The quantitative estimate of drug-likeness (QED) is 0.661. The van der Waals surface area contributed by atoms with Crippen LogP contribution < -0.4 is 21.0 Å². The summed E-state index contributed by atoms with van der Waals surface area (Å²) < 4.78 is 5.40. The molecule has 0 aromatic carbocycles. The molecule has 1 saturated heterocycles. The van der Waals surface area contributed by atoms with Crippen LogP contribution in [0, 0.1) is 0 Å². The van der Waals surface area contributed by atoms with Crippen molar-refractivity contribution in [3.05, 3.63) is 53.6 Å². The molecule has 10 heteroatoms. The number of anilines is 2. The maximum Gasteiger partial charge on any atom is 0.276 e. The molecule has 4 aliphatic rings. The van der Waals surface area contributed by atoms with Gasteiger partial charge in [0.1, 0.15) is 29.3 Å². The highest BCUT2D eigenvalue weighted by Crippen LogP contribution is 2.26. The van der Waals surface area contributed by atoms with Crippen LogP contribution in [0.25, 0.3) is 0 Å². The number of rotatable bonds is 4. The molecule has 0 aliphatic carbocycles. The smallest absolute Gasteiger partial charge is 0.276 e. The van der Waals surface area contributed by atoms with Crippen LogP contribution in [0.1, 0.15) is 13.8 Å². The Morgan fingerprint density at radius 2 is 2.13 bits per heavy atom. The Bertz CT molecular complexity index is 1010. The van der Waals surface area contributed by atoms with Crippen molar-refractivity contribution in [2.75, 3.05) is 36.5 Å². The van der Waals surface area contributed by atoms with Crippen LogP contribution >= 0.6 is 0 Å². The van der Waals surface area contributed by atoms with Crippen LogP contribution in [-0.2, 0) is 14.4 Å². The average Bonchev–Trinajstić information content (AvgIpc) is 3.36. The van der Waals surface area contributed by atoms with Gasteiger partial charge in [0, 0.05) is 24.9 Å². The molecule has 10 nitrogen and oxygen atoms in total. The number of fused-ring (bicyclic) bond motifs is 1. The number of pyridine rings is 1. The number of allylic oxidation sites excluding steroid dienone is 2. The number of aromatic nitrogens is 1. The van der Waals surface area contributed by atoms with Gasteiger partial charge < -0.3 is 25.1 Å². The lowest BCUT2D eigenvalue weighted by molar-refractivity contribution is -0.114. The monoisotopic (exact) mass is 423 g/mol. The van der Waals surface area contributed by atoms with E-state index >= 15 is 0 Å². The number of hydrazone groups is 1. The largest absolute Gasteiger partial charge is 0.412 e. The van der Waals surface area contributed by atoms with Crippen LogP contribution in [-0.4, -0.2) is 60.1 Å². The Balaban J connectivity index is 1.32. The standard InChI is InChI=1S/C21H25N7O3/c1-13-20(14(2)31-26-13)15-6-7-18-22-12-16(28(18)25-15)21(29)24-17-4-3-5-19(23-17)27-8-10-30-11-9-27/h3-7,12-13,18,22,26H,8-11H2,1-2H3,(H,23,24,29). The molecule has 5 heterocycles. The summed E-state index contributed by atoms with van der Waals surface area (Å²) in [5.74, 6) is 1.82. The molecule has 2 unspecified atom stereocenters. The summed E-state index contributed by atoms with van der Waals surface area (Å²) in [7, 11) is 0. The second-order valence-corrected chi connectivity index (χ2v) is 7.68. The number of nitrogens with zero attached hydrogens (tertiary/aromatic N) is 4. The molecule has 1 fully saturated rings. The second kappa shape index (κ2) is 8.05. The van der Waals surface area contributed by atoms with E-state index in [-0.39, 0.29) is 18.1 Å². The van der Waals surface area contributed by atoms with Crippen molar-refractivity contribution in [1.29, 1.82) is 0 Å². The first-order chi connectivity index (χ1) is 15.1. The minimum absolute atomic E-state index is 0.0175. The summed E-state index contributed by atoms with van der Waals surface area (Å²) in [6.45, 7) is 6.82. The van der Waals surface area contributed by atoms with Crippen molar-refractivity contribution < 1.29 is 14.4 Å². The van der Waals surface area contributed by atoms with Gasteiger partial charge in [-0.1, -0.05) is 6.07 Å². The first-order valence-electron chi connectivity index (χ1n) is 10.4. The van der Waals surface area contributed by atoms with E-state index in [1.807, 2.05) is 38.1 Å². The Labute approximate surface area is 180 Å². The van der Waals surface area contributed by atoms with Gasteiger partial charge in [-0.05, 0) is 38.1 Å². The third-order valence-electron chi connectivity index (χ3n) is 5.57. The first-order valence-corrected chi connectivity index (χ1v) is 10.4. The SMILES string of the molecule is CC1=C(C2=NN3C(C(=O)Nc4cccc(N5CCOCC5)n4)=CNC3C=C2)C(C)NO1. The van der Waals surface area contributed by atoms with Gasteiger partial charge in [0.05, 0.1) is 25.0 Å². The third kappa shape index (κ3) is 3.75. The average molecular weight is 423 g/mol. The molecule has 1 amide bonds. The van der Waals surface area contributed by atoms with Crippen molar-refractivity contribution in [3.8, 4) is 0 Å². The summed E-state index contributed by atoms with van der Waals surface area (Å²) in [6, 6.07) is 5.63. The third-order valence-corrected chi connectivity index (χ3v) is 5.57. The number of hydrogen-bond donors (Lipinski definition) is 3. The molecular weight excluding hydrogens is 398 g/mol. The second-order valence-electron chi connectivity index (χ2n) is 7.68. The number of carbonyl (C=O) groups excluding carboxylic acids is 1. The van der Waals surface area contributed by atoms with Crippen LogP contribution in [0.15, 0.2) is 58.7 Å². The Hall–Kier alpha value is -3.37. The fourth-order valence-electron chi connectivity index (χ4n) is 3.99. The topological polar surface area (TPSA) is 103 Å². The van der Waals surface area contributed by atoms with Gasteiger partial charge in [-0.25, -0.2) is 9.99 Å². The number of morpholine rings is 1. The zero-order chi connectivity index (χ0) is 21.4. The molecule has 4 aliphatic heterocycles. The zero-order valence-electron chi connectivity index (χ0n) is 17.5. The number of carbonyl (C=O) groups is 1. The number of hydroxylamine groups is 1. The molecule has 0 spiro atoms. The van der Waals surface area contributed by atoms with E-state index in [0.717, 1.165) is 36.0 Å². The van der Waals surface area contributed by atoms with Crippen molar-refractivity contribution in [3.63, 3.8) is 0 Å². The van der Waals surface area contributed by atoms with Crippen LogP contribution in [0.5, 0.6) is 0 Å². The molecule has 2 atom stereocenters. The van der Waals surface area contributed by atoms with E-state index in [4.69, 9.17) is 14.7 Å². The van der Waals surface area contributed by atoms with Crippen molar-refractivity contribution in [1.82, 2.24) is 20.8 Å². The fraction of sp³-hybridized carbons (Fsp3) is 0.381. The van der Waals surface area contributed by atoms with Crippen LogP contribution in [0.2, 0.25) is 0 Å². The maximum atomic E-state index is 13.0. The minimum atomic E-state index is -0.278. The maximum absolute atomic E-state index is 13.0. The minimum Gasteiger partial charge on any atom is -0.412 e. The van der Waals surface area contributed by atoms with E-state index in [2.05, 4.69) is 26.0 Å². The van der Waals surface area contributed by atoms with Gasteiger partial charge >= 0.3 is 0 Å². The van der Waals surface area contributed by atoms with E-state index < -0.39 is 0 Å². The molecule has 1 aromatic rings. The predicted octanol–water partition coefficient (Wildman–Crippen LogP) is 1.05. The molecule has 31 heavy (non-hydrogen) atoms. The first kappa shape index (κ1) is 19.6. The van der Waals surface area contributed by atoms with Crippen molar-refractivity contribution in [2.45, 2.75) is 26.1 Å². The predicted molar refractivity (Wildman–Crippen MR) is 116 cm³/mol. The summed E-state index contributed by atoms with van der Waals surface area (Å²) in [5.41, 5.74) is 5.10. The summed E-state index contributed by atoms with van der Waals surface area (Å²) in [5, 5.41) is 12.5. The molecular formula is C21H25N7O3. The van der Waals surface area contributed by atoms with Gasteiger partial charge in [-0.2, -0.15) is 5.10 Å². The molecule has 162 valence electrons. The number of hydrogen-bond acceptors (Lipinski definition) is 9. The highest BCUT2D eigenvalue weighted by Gasteiger charge is 2.34. The Morgan fingerprint density at radius 3 is 2.90 bits per heavy atom. The molecule has 0 bridgehead atoms. The zero-order valence-corrected chi connectivity index (χ0v) is 17.5. The van der Waals surface area contributed by atoms with E-state index in [1.54, 1.807) is 17.3 Å². The summed E-state index contributed by atoms with van der Waals surface area (Å²) in [4.78, 5) is 25.2. The summed E-state index contributed by atoms with van der Waals surface area (Å²) in [6.07, 6.45) is 5.39. The molecule has 1 aromatic heterocycles. The van der Waals surface area contributed by atoms with E-state index in [0.29, 0.717) is 24.7 Å². The van der Waals surface area contributed by atoms with E-state index in [9.17, 15) is 4.79 Å². The Morgan fingerprint density at radius 1 is 1.29 bits per heavy atom. The fourth-order valence-corrected chi connectivity index (χ4v) is 3.99. The lowest BCUT2D eigenvalue weighted by Gasteiger charge is -2.28. The summed E-state index contributed by atoms with van der Waals surface area (Å²) >= 11 is 0. The van der Waals surface area contributed by atoms with Gasteiger partial charge in [-0.3, -0.25) is 4.79 Å². The van der Waals surface area contributed by atoms with Crippen molar-refractivity contribution >= 4 is 23.3 Å². The molecule has 5 rings (SSSR count). The van der Waals surface area contributed by atoms with Gasteiger partial charge in [0.15, 0.2) is 0 Å². The molecule has 3 N–H and O–H groups in total. The molecule has 0 saturated carbocycles. The number of nitrogens with one attached hydrogen (secondary N) is 3. The van der Waals surface area contributed by atoms with Gasteiger partial charge in [-0.15, -0.1) is 5.48 Å². The number of amides is 1. The van der Waals surface area contributed by atoms with Crippen LogP contribution in [0.3, 0.4) is 0 Å². The molecule has 0 radical (unpaired) electrons. The lowest BCUT2D eigenvalue weighted by Crippen LogP contribution is -2.38. The van der Waals surface area contributed by atoms with Gasteiger partial charge in [0.25, 0.3) is 5.91 Å². The lowest BCUT2D eigenvalue weighted by atomic mass is 10.0. The Kier molecular flexibility index (Phi) is 5.08. The normalized spacial score (nSPS) is 25.0. The van der Waals surface area contributed by atoms with E-state index in [1.165, 1.54) is 0 Å². The van der Waals surface area contributed by atoms with Crippen LogP contribution in [0.4, 0.5) is 11.6 Å².